The minimum Gasteiger partial charge on any atom is -0.469 e. The predicted octanol–water partition coefficient (Wildman–Crippen LogP) is 0.598. The highest BCUT2D eigenvalue weighted by Crippen LogP contribution is 2.13. The maximum atomic E-state index is 12.0. The Morgan fingerprint density at radius 1 is 1.47 bits per heavy atom. The second-order valence-electron chi connectivity index (χ2n) is 4.21. The molecule has 0 saturated carbocycles. The van der Waals surface area contributed by atoms with Crippen molar-refractivity contribution in [1.82, 2.24) is 9.29 Å². The normalized spacial score (nSPS) is 11.9. The highest BCUT2D eigenvalue weighted by atomic mass is 32.2. The van der Waals surface area contributed by atoms with Crippen molar-refractivity contribution in [2.24, 2.45) is 12.8 Å². The van der Waals surface area contributed by atoms with Crippen LogP contribution in [-0.2, 0) is 30.0 Å². The Kier molecular flexibility index (Phi) is 4.08. The summed E-state index contributed by atoms with van der Waals surface area (Å²) in [5.41, 5.74) is 6.29. The number of hydrogen-bond acceptors (Lipinski definition) is 4. The van der Waals surface area contributed by atoms with E-state index in [0.717, 1.165) is 11.5 Å². The average Bonchev–Trinajstić information content (AvgIpc) is 2.98. The molecule has 2 aromatic heterocycles. The minimum absolute atomic E-state index is 0.231. The maximum absolute atomic E-state index is 12.0. The quantitative estimate of drug-likeness (QED) is 0.812. The van der Waals surface area contributed by atoms with Crippen LogP contribution in [0.15, 0.2) is 40.0 Å². The van der Waals surface area contributed by atoms with Crippen molar-refractivity contribution in [2.75, 3.05) is 6.54 Å². The standard InChI is InChI=1S/C12H17N3O3S/c1-15-9-12(7-10(15)8-13)19(16,17)14-5-4-11-3-2-6-18-11/h2-3,6-7,9,14H,4-5,8,13H2,1H3. The van der Waals surface area contributed by atoms with Crippen molar-refractivity contribution in [1.29, 1.82) is 0 Å². The van der Waals surface area contributed by atoms with Crippen molar-refractivity contribution in [3.63, 3.8) is 0 Å². The number of nitrogens with one attached hydrogen (secondary N) is 1. The number of aryl methyl sites for hydroxylation is 1. The molecule has 0 fully saturated rings. The van der Waals surface area contributed by atoms with Gasteiger partial charge in [0.15, 0.2) is 0 Å². The van der Waals surface area contributed by atoms with E-state index in [1.807, 2.05) is 6.07 Å². The Morgan fingerprint density at radius 2 is 2.26 bits per heavy atom. The smallest absolute Gasteiger partial charge is 0.242 e. The Labute approximate surface area is 112 Å². The summed E-state index contributed by atoms with van der Waals surface area (Å²) in [6.07, 6.45) is 3.63. The number of furan rings is 1. The first kappa shape index (κ1) is 13.9. The Morgan fingerprint density at radius 3 is 2.84 bits per heavy atom. The van der Waals surface area contributed by atoms with Crippen LogP contribution in [-0.4, -0.2) is 19.5 Å². The fraction of sp³-hybridized carbons (Fsp3) is 0.333. The number of nitrogens with zero attached hydrogens (tertiary/aromatic N) is 1. The van der Waals surface area contributed by atoms with Crippen molar-refractivity contribution in [2.45, 2.75) is 17.9 Å². The maximum Gasteiger partial charge on any atom is 0.242 e. The van der Waals surface area contributed by atoms with Crippen LogP contribution in [0.2, 0.25) is 0 Å². The molecule has 0 amide bonds. The first-order valence-electron chi connectivity index (χ1n) is 5.90. The second kappa shape index (κ2) is 5.60. The Balaban J connectivity index is 2.01. The molecule has 0 atom stereocenters. The van der Waals surface area contributed by atoms with Crippen molar-refractivity contribution < 1.29 is 12.8 Å². The summed E-state index contributed by atoms with van der Waals surface area (Å²) in [6.45, 7) is 0.598. The molecule has 2 aromatic rings. The first-order valence-corrected chi connectivity index (χ1v) is 7.38. The molecule has 7 heteroatoms. The van der Waals surface area contributed by atoms with E-state index in [-0.39, 0.29) is 4.90 Å². The summed E-state index contributed by atoms with van der Waals surface area (Å²) in [5, 5.41) is 0. The molecule has 0 spiro atoms. The van der Waals surface area contributed by atoms with Crippen LogP contribution in [0, 0.1) is 0 Å². The van der Waals surface area contributed by atoms with Crippen LogP contribution in [0.3, 0.4) is 0 Å². The molecule has 3 N–H and O–H groups in total. The van der Waals surface area contributed by atoms with E-state index < -0.39 is 10.0 Å². The van der Waals surface area contributed by atoms with Gasteiger partial charge in [-0.15, -0.1) is 0 Å². The molecule has 0 unspecified atom stereocenters. The van der Waals surface area contributed by atoms with Crippen LogP contribution in [0.1, 0.15) is 11.5 Å². The lowest BCUT2D eigenvalue weighted by atomic mass is 10.3. The molecule has 0 aliphatic rings. The van der Waals surface area contributed by atoms with Gasteiger partial charge in [0.2, 0.25) is 10.0 Å². The molecular formula is C12H17N3O3S. The lowest BCUT2D eigenvalue weighted by molar-refractivity contribution is 0.506. The molecule has 2 rings (SSSR count). The Bertz CT molecular complexity index is 629. The molecule has 0 saturated heterocycles. The van der Waals surface area contributed by atoms with Crippen molar-refractivity contribution >= 4 is 10.0 Å². The molecule has 104 valence electrons. The molecule has 0 radical (unpaired) electrons. The highest BCUT2D eigenvalue weighted by molar-refractivity contribution is 7.89. The van der Waals surface area contributed by atoms with E-state index in [0.29, 0.717) is 19.5 Å². The van der Waals surface area contributed by atoms with Gasteiger partial charge in [0, 0.05) is 38.4 Å². The van der Waals surface area contributed by atoms with Crippen LogP contribution >= 0.6 is 0 Å². The zero-order chi connectivity index (χ0) is 13.9. The largest absolute Gasteiger partial charge is 0.469 e. The molecule has 0 bridgehead atoms. The first-order chi connectivity index (χ1) is 9.03. The monoisotopic (exact) mass is 283 g/mol. The summed E-state index contributed by atoms with van der Waals surface area (Å²) in [4.78, 5) is 0.231. The Hall–Kier alpha value is -1.57. The average molecular weight is 283 g/mol. The number of aromatic nitrogens is 1. The van der Waals surface area contributed by atoms with Gasteiger partial charge >= 0.3 is 0 Å². The molecule has 6 nitrogen and oxygen atoms in total. The fourth-order valence-electron chi connectivity index (χ4n) is 1.77. The van der Waals surface area contributed by atoms with Gasteiger partial charge in [0.1, 0.15) is 5.76 Å². The third-order valence-electron chi connectivity index (χ3n) is 2.85. The highest BCUT2D eigenvalue weighted by Gasteiger charge is 2.16. The van der Waals surface area contributed by atoms with Crippen LogP contribution in [0.5, 0.6) is 0 Å². The summed E-state index contributed by atoms with van der Waals surface area (Å²) >= 11 is 0. The van der Waals surface area contributed by atoms with Gasteiger partial charge in [-0.1, -0.05) is 0 Å². The fourth-order valence-corrected chi connectivity index (χ4v) is 2.90. The van der Waals surface area contributed by atoms with E-state index in [1.54, 1.807) is 36.2 Å². The van der Waals surface area contributed by atoms with E-state index in [1.165, 1.54) is 0 Å². The second-order valence-corrected chi connectivity index (χ2v) is 5.98. The van der Waals surface area contributed by atoms with E-state index in [9.17, 15) is 8.42 Å². The number of nitrogens with two attached hydrogens (primary N) is 1. The van der Waals surface area contributed by atoms with Crippen molar-refractivity contribution in [3.05, 3.63) is 42.1 Å². The molecule has 0 aromatic carbocycles. The summed E-state index contributed by atoms with van der Waals surface area (Å²) in [5.74, 6) is 0.749. The zero-order valence-electron chi connectivity index (χ0n) is 10.7. The van der Waals surface area contributed by atoms with Gasteiger partial charge in [0.25, 0.3) is 0 Å². The van der Waals surface area contributed by atoms with Crippen LogP contribution in [0.4, 0.5) is 0 Å². The van der Waals surface area contributed by atoms with E-state index in [4.69, 9.17) is 10.2 Å². The van der Waals surface area contributed by atoms with Gasteiger partial charge in [0.05, 0.1) is 11.2 Å². The molecule has 19 heavy (non-hydrogen) atoms. The molecule has 0 aliphatic heterocycles. The van der Waals surface area contributed by atoms with Gasteiger partial charge < -0.3 is 14.7 Å². The van der Waals surface area contributed by atoms with Gasteiger partial charge in [-0.2, -0.15) is 0 Å². The van der Waals surface area contributed by atoms with E-state index in [2.05, 4.69) is 4.72 Å². The number of rotatable bonds is 6. The topological polar surface area (TPSA) is 90.3 Å². The molecule has 2 heterocycles. The zero-order valence-corrected chi connectivity index (χ0v) is 11.5. The summed E-state index contributed by atoms with van der Waals surface area (Å²) in [6, 6.07) is 5.16. The van der Waals surface area contributed by atoms with Gasteiger partial charge in [-0.05, 0) is 18.2 Å². The summed E-state index contributed by atoms with van der Waals surface area (Å²) in [7, 11) is -1.73. The van der Waals surface area contributed by atoms with Crippen LogP contribution < -0.4 is 10.5 Å². The third-order valence-corrected chi connectivity index (χ3v) is 4.27. The number of hydrogen-bond donors (Lipinski definition) is 2. The van der Waals surface area contributed by atoms with Gasteiger partial charge in [-0.3, -0.25) is 0 Å². The lowest BCUT2D eigenvalue weighted by Crippen LogP contribution is -2.25. The van der Waals surface area contributed by atoms with Crippen LogP contribution in [0.25, 0.3) is 0 Å². The predicted molar refractivity (Wildman–Crippen MR) is 70.9 cm³/mol. The SMILES string of the molecule is Cn1cc(S(=O)(=O)NCCc2ccco2)cc1CN. The molecule has 0 aliphatic carbocycles. The minimum atomic E-state index is -3.49. The lowest BCUT2D eigenvalue weighted by Gasteiger charge is -2.03. The third kappa shape index (κ3) is 3.25. The molecular weight excluding hydrogens is 266 g/mol. The summed E-state index contributed by atoms with van der Waals surface area (Å²) < 4.78 is 33.5. The van der Waals surface area contributed by atoms with Crippen molar-refractivity contribution in [3.8, 4) is 0 Å². The van der Waals surface area contributed by atoms with E-state index >= 15 is 0 Å². The van der Waals surface area contributed by atoms with Gasteiger partial charge in [-0.25, -0.2) is 13.1 Å². The number of sulfonamides is 1.